The maximum atomic E-state index is 2.49. The number of fused-ring (bicyclic) bond motifs is 9. The molecule has 0 unspecified atom stereocenters. The third-order valence-electron chi connectivity index (χ3n) is 14.3. The summed E-state index contributed by atoms with van der Waals surface area (Å²) in [7, 11) is 0. The lowest BCUT2D eigenvalue weighted by Gasteiger charge is -2.31. The van der Waals surface area contributed by atoms with Crippen LogP contribution in [-0.4, -0.2) is 4.57 Å². The predicted molar refractivity (Wildman–Crippen MR) is 288 cm³/mol. The van der Waals surface area contributed by atoms with Gasteiger partial charge in [0.05, 0.1) is 22.4 Å². The number of para-hydroxylation sites is 4. The van der Waals surface area contributed by atoms with Gasteiger partial charge in [-0.1, -0.05) is 178 Å². The highest BCUT2D eigenvalue weighted by atomic mass is 15.2. The Morgan fingerprint density at radius 2 is 0.912 bits per heavy atom. The summed E-state index contributed by atoms with van der Waals surface area (Å²) in [5.41, 5.74) is 17.4. The van der Waals surface area contributed by atoms with Crippen molar-refractivity contribution >= 4 is 77.5 Å². The average Bonchev–Trinajstić information content (AvgIpc) is 3.85. The lowest BCUT2D eigenvalue weighted by molar-refractivity contribution is 0.660. The summed E-state index contributed by atoms with van der Waals surface area (Å²) in [4.78, 5) is 4.90. The highest BCUT2D eigenvalue weighted by Gasteiger charge is 2.36. The lowest BCUT2D eigenvalue weighted by atomic mass is 9.82. The van der Waals surface area contributed by atoms with Crippen molar-refractivity contribution in [2.75, 3.05) is 9.80 Å². The fourth-order valence-corrected chi connectivity index (χ4v) is 11.2. The van der Waals surface area contributed by atoms with Crippen molar-refractivity contribution in [3.05, 3.63) is 260 Å². The van der Waals surface area contributed by atoms with E-state index in [1.165, 1.54) is 65.7 Å². The largest absolute Gasteiger partial charge is 0.310 e. The Hall–Kier alpha value is -8.66. The molecule has 1 heterocycles. The number of anilines is 6. The van der Waals surface area contributed by atoms with Crippen molar-refractivity contribution in [3.63, 3.8) is 0 Å². The summed E-state index contributed by atoms with van der Waals surface area (Å²) < 4.78 is 2.49. The molecule has 0 bridgehead atoms. The average molecular weight is 870 g/mol. The number of hydrogen-bond donors (Lipinski definition) is 0. The molecule has 1 aliphatic carbocycles. The van der Waals surface area contributed by atoms with Gasteiger partial charge in [-0.15, -0.1) is 0 Å². The van der Waals surface area contributed by atoms with Gasteiger partial charge < -0.3 is 14.4 Å². The monoisotopic (exact) mass is 869 g/mol. The van der Waals surface area contributed by atoms with E-state index in [4.69, 9.17) is 0 Å². The SMILES string of the molecule is CC1(C)c2ccccc2-c2ccc(N(c3ccccc3)c3cc(N(c4ccccc4)c4ccccc4)c4c5ccc(-c6cc7ccccc7c7ccccc67)cc5n(-c5ccccc5)c4c3)cc21. The minimum atomic E-state index is -0.162. The topological polar surface area (TPSA) is 11.4 Å². The van der Waals surface area contributed by atoms with Crippen LogP contribution in [0.2, 0.25) is 0 Å². The Bertz CT molecular complexity index is 3830. The van der Waals surface area contributed by atoms with E-state index in [0.717, 1.165) is 50.8 Å². The third kappa shape index (κ3) is 6.27. The van der Waals surface area contributed by atoms with Crippen LogP contribution in [-0.2, 0) is 5.41 Å². The second-order valence-corrected chi connectivity index (χ2v) is 18.5. The predicted octanol–water partition coefficient (Wildman–Crippen LogP) is 18.0. The minimum absolute atomic E-state index is 0.162. The van der Waals surface area contributed by atoms with Gasteiger partial charge in [0.1, 0.15) is 0 Å². The van der Waals surface area contributed by atoms with Crippen molar-refractivity contribution in [2.45, 2.75) is 19.3 Å². The zero-order chi connectivity index (χ0) is 45.3. The molecule has 13 rings (SSSR count). The molecule has 12 aromatic rings. The molecule has 1 aliphatic rings. The fraction of sp³-hybridized carbons (Fsp3) is 0.0462. The summed E-state index contributed by atoms with van der Waals surface area (Å²) >= 11 is 0. The summed E-state index contributed by atoms with van der Waals surface area (Å²) in [6.45, 7) is 4.73. The maximum absolute atomic E-state index is 2.49. The molecular weight excluding hydrogens is 823 g/mol. The number of aromatic nitrogens is 1. The first-order valence-corrected chi connectivity index (χ1v) is 23.6. The van der Waals surface area contributed by atoms with Crippen LogP contribution in [0.4, 0.5) is 34.1 Å². The Balaban J connectivity index is 1.14. The third-order valence-corrected chi connectivity index (χ3v) is 14.3. The molecule has 3 nitrogen and oxygen atoms in total. The lowest BCUT2D eigenvalue weighted by Crippen LogP contribution is -2.17. The molecule has 322 valence electrons. The van der Waals surface area contributed by atoms with Crippen molar-refractivity contribution in [3.8, 4) is 27.9 Å². The highest BCUT2D eigenvalue weighted by molar-refractivity contribution is 6.20. The Morgan fingerprint density at radius 1 is 0.338 bits per heavy atom. The number of rotatable bonds is 8. The first-order chi connectivity index (χ1) is 33.5. The van der Waals surface area contributed by atoms with E-state index in [2.05, 4.69) is 277 Å². The van der Waals surface area contributed by atoms with Crippen LogP contribution >= 0.6 is 0 Å². The maximum Gasteiger partial charge on any atom is 0.0583 e. The fourth-order valence-electron chi connectivity index (χ4n) is 11.2. The van der Waals surface area contributed by atoms with Gasteiger partial charge in [0.2, 0.25) is 0 Å². The standard InChI is InChI=1S/C65H47N3/c1-65(2)59-34-20-19-33-55(59)56-38-36-50(41-60(56)65)66(46-22-7-3-8-23-46)51-42-62(67(47-24-9-4-10-25-47)48-26-11-5-12-27-48)64-57-37-35-45(40-61(57)68(63(64)43-51)49-28-13-6-14-29-49)58-39-44-21-15-16-30-52(44)53-31-17-18-32-54(53)58/h3-43H,1-2H3. The summed E-state index contributed by atoms with van der Waals surface area (Å²) in [6.07, 6.45) is 0. The molecular formula is C65H47N3. The van der Waals surface area contributed by atoms with Crippen LogP contribution < -0.4 is 9.80 Å². The number of benzene rings is 11. The number of nitrogens with zero attached hydrogens (tertiary/aromatic N) is 3. The van der Waals surface area contributed by atoms with Crippen LogP contribution in [0, 0.1) is 0 Å². The molecule has 0 fully saturated rings. The Labute approximate surface area is 397 Å². The van der Waals surface area contributed by atoms with Gasteiger partial charge >= 0.3 is 0 Å². The van der Waals surface area contributed by atoms with Gasteiger partial charge in [0.15, 0.2) is 0 Å². The molecule has 0 saturated carbocycles. The highest BCUT2D eigenvalue weighted by Crippen LogP contribution is 2.53. The van der Waals surface area contributed by atoms with Gasteiger partial charge in [-0.05, 0) is 140 Å². The smallest absolute Gasteiger partial charge is 0.0583 e. The van der Waals surface area contributed by atoms with Crippen molar-refractivity contribution in [2.24, 2.45) is 0 Å². The van der Waals surface area contributed by atoms with Gasteiger partial charge in [-0.2, -0.15) is 0 Å². The zero-order valence-corrected chi connectivity index (χ0v) is 38.0. The van der Waals surface area contributed by atoms with Crippen LogP contribution in [0.3, 0.4) is 0 Å². The van der Waals surface area contributed by atoms with E-state index >= 15 is 0 Å². The molecule has 68 heavy (non-hydrogen) atoms. The quantitative estimate of drug-likeness (QED) is 0.141. The van der Waals surface area contributed by atoms with Gasteiger partial charge in [-0.25, -0.2) is 0 Å². The van der Waals surface area contributed by atoms with Crippen molar-refractivity contribution < 1.29 is 0 Å². The molecule has 0 aliphatic heterocycles. The van der Waals surface area contributed by atoms with Crippen LogP contribution in [0.5, 0.6) is 0 Å². The normalized spacial score (nSPS) is 12.7. The van der Waals surface area contributed by atoms with E-state index in [-0.39, 0.29) is 5.41 Å². The molecule has 0 N–H and O–H groups in total. The molecule has 1 aromatic heterocycles. The summed E-state index contributed by atoms with van der Waals surface area (Å²) in [5.74, 6) is 0. The van der Waals surface area contributed by atoms with Gasteiger partial charge in [0, 0.05) is 44.6 Å². The molecule has 0 amide bonds. The van der Waals surface area contributed by atoms with E-state index < -0.39 is 0 Å². The first-order valence-electron chi connectivity index (χ1n) is 23.6. The van der Waals surface area contributed by atoms with E-state index in [0.29, 0.717) is 0 Å². The molecule has 3 heteroatoms. The second kappa shape index (κ2) is 15.8. The first kappa shape index (κ1) is 39.7. The van der Waals surface area contributed by atoms with E-state index in [9.17, 15) is 0 Å². The molecule has 0 saturated heterocycles. The van der Waals surface area contributed by atoms with Crippen LogP contribution in [0.1, 0.15) is 25.0 Å². The van der Waals surface area contributed by atoms with Crippen molar-refractivity contribution in [1.29, 1.82) is 0 Å². The zero-order valence-electron chi connectivity index (χ0n) is 38.0. The second-order valence-electron chi connectivity index (χ2n) is 18.5. The molecule has 0 spiro atoms. The Kier molecular flexibility index (Phi) is 9.19. The van der Waals surface area contributed by atoms with E-state index in [1.54, 1.807) is 0 Å². The molecule has 11 aromatic carbocycles. The summed E-state index contributed by atoms with van der Waals surface area (Å²) in [6, 6.07) is 91.3. The molecule has 0 atom stereocenters. The van der Waals surface area contributed by atoms with Crippen LogP contribution in [0.15, 0.2) is 249 Å². The molecule has 0 radical (unpaired) electrons. The minimum Gasteiger partial charge on any atom is -0.310 e. The van der Waals surface area contributed by atoms with E-state index in [1.807, 2.05) is 0 Å². The van der Waals surface area contributed by atoms with Gasteiger partial charge in [-0.3, -0.25) is 0 Å². The van der Waals surface area contributed by atoms with Crippen molar-refractivity contribution in [1.82, 2.24) is 4.57 Å². The van der Waals surface area contributed by atoms with Crippen LogP contribution in [0.25, 0.3) is 71.3 Å². The number of hydrogen-bond acceptors (Lipinski definition) is 2. The summed E-state index contributed by atoms with van der Waals surface area (Å²) in [5, 5.41) is 7.36. The van der Waals surface area contributed by atoms with Gasteiger partial charge in [0.25, 0.3) is 0 Å². The Morgan fingerprint density at radius 3 is 1.62 bits per heavy atom.